The Kier molecular flexibility index (Phi) is 5.71. The van der Waals surface area contributed by atoms with Crippen molar-refractivity contribution in [2.75, 3.05) is 11.1 Å². The van der Waals surface area contributed by atoms with Gasteiger partial charge in [-0.3, -0.25) is 14.9 Å². The van der Waals surface area contributed by atoms with Gasteiger partial charge in [-0.15, -0.1) is 11.3 Å². The second-order valence-corrected chi connectivity index (χ2v) is 7.83. The Balaban J connectivity index is 1.87. The summed E-state index contributed by atoms with van der Waals surface area (Å²) < 4.78 is 0.421. The molecule has 3 aromatic rings. The summed E-state index contributed by atoms with van der Waals surface area (Å²) in [6.07, 6.45) is 3.03. The van der Waals surface area contributed by atoms with Crippen LogP contribution in [-0.2, 0) is 6.42 Å². The van der Waals surface area contributed by atoms with Gasteiger partial charge in [-0.25, -0.2) is 4.98 Å². The molecule has 0 radical (unpaired) electrons. The van der Waals surface area contributed by atoms with Crippen molar-refractivity contribution < 1.29 is 9.72 Å². The molecule has 0 spiro atoms. The number of nitrogens with zero attached hydrogens (tertiary/aromatic N) is 2. The van der Waals surface area contributed by atoms with E-state index >= 15 is 0 Å². The number of halogens is 1. The van der Waals surface area contributed by atoms with Gasteiger partial charge in [0.2, 0.25) is 0 Å². The number of unbranched alkanes of at least 4 members (excludes halogenated alkanes) is 1. The van der Waals surface area contributed by atoms with Crippen LogP contribution in [0.2, 0.25) is 0 Å². The molecule has 2 heterocycles. The van der Waals surface area contributed by atoms with Crippen molar-refractivity contribution in [1.29, 1.82) is 0 Å². The Labute approximate surface area is 167 Å². The predicted molar refractivity (Wildman–Crippen MR) is 111 cm³/mol. The highest BCUT2D eigenvalue weighted by Gasteiger charge is 2.19. The van der Waals surface area contributed by atoms with E-state index in [1.165, 1.54) is 29.5 Å². The van der Waals surface area contributed by atoms with Crippen LogP contribution in [0.25, 0.3) is 10.2 Å². The number of nitrogens with one attached hydrogen (secondary N) is 1. The van der Waals surface area contributed by atoms with Crippen molar-refractivity contribution >= 4 is 60.5 Å². The molecule has 0 fully saturated rings. The van der Waals surface area contributed by atoms with E-state index in [9.17, 15) is 14.9 Å². The number of anilines is 2. The van der Waals surface area contributed by atoms with Crippen LogP contribution >= 0.6 is 27.3 Å². The number of fused-ring (bicyclic) bond motifs is 1. The molecule has 3 rings (SSSR count). The number of nitro groups is 1. The molecule has 1 aromatic carbocycles. The van der Waals surface area contributed by atoms with Gasteiger partial charge >= 0.3 is 0 Å². The lowest BCUT2D eigenvalue weighted by atomic mass is 10.1. The second-order valence-electron chi connectivity index (χ2n) is 5.98. The van der Waals surface area contributed by atoms with Crippen LogP contribution in [-0.4, -0.2) is 15.8 Å². The number of rotatable bonds is 6. The van der Waals surface area contributed by atoms with E-state index in [0.717, 1.165) is 35.2 Å². The zero-order valence-electron chi connectivity index (χ0n) is 14.5. The van der Waals surface area contributed by atoms with Gasteiger partial charge in [-0.05, 0) is 47.0 Å². The fourth-order valence-electron chi connectivity index (χ4n) is 2.60. The number of carbonyl (C=O) groups excluding carboxylic acids is 1. The highest BCUT2D eigenvalue weighted by molar-refractivity contribution is 9.10. The van der Waals surface area contributed by atoms with Crippen molar-refractivity contribution in [2.45, 2.75) is 26.2 Å². The van der Waals surface area contributed by atoms with Gasteiger partial charge in [0.05, 0.1) is 16.3 Å². The first kappa shape index (κ1) is 19.2. The molecular weight excluding hydrogens is 432 g/mol. The maximum atomic E-state index is 12.7. The first-order chi connectivity index (χ1) is 12.9. The Morgan fingerprint density at radius 2 is 2.15 bits per heavy atom. The van der Waals surface area contributed by atoms with Gasteiger partial charge in [0, 0.05) is 27.7 Å². The third-order valence-corrected chi connectivity index (χ3v) is 5.83. The number of nitrogens with two attached hydrogens (primary N) is 1. The molecule has 0 saturated heterocycles. The molecule has 0 aliphatic rings. The maximum absolute atomic E-state index is 12.7. The number of hydrogen-bond donors (Lipinski definition) is 2. The minimum Gasteiger partial charge on any atom is -0.397 e. The molecule has 0 unspecified atom stereocenters. The number of hydrogen-bond acceptors (Lipinski definition) is 6. The maximum Gasteiger partial charge on any atom is 0.270 e. The first-order valence-electron chi connectivity index (χ1n) is 8.34. The predicted octanol–water partition coefficient (Wildman–Crippen LogP) is 5.14. The number of nitrogen functional groups attached to an aromatic ring is 1. The van der Waals surface area contributed by atoms with Gasteiger partial charge in [-0.2, -0.15) is 0 Å². The molecule has 3 N–H and O–H groups in total. The Bertz CT molecular complexity index is 1030. The molecule has 2 aromatic heterocycles. The fraction of sp³-hybridized carbons (Fsp3) is 0.222. The second kappa shape index (κ2) is 8.01. The average Bonchev–Trinajstić information content (AvgIpc) is 2.97. The number of benzene rings is 1. The number of amides is 1. The third-order valence-electron chi connectivity index (χ3n) is 4.06. The topological polar surface area (TPSA) is 111 Å². The van der Waals surface area contributed by atoms with Crippen LogP contribution in [0.3, 0.4) is 0 Å². The van der Waals surface area contributed by atoms with Crippen LogP contribution in [0.5, 0.6) is 0 Å². The van der Waals surface area contributed by atoms with E-state index in [2.05, 4.69) is 33.2 Å². The lowest BCUT2D eigenvalue weighted by molar-refractivity contribution is -0.384. The van der Waals surface area contributed by atoms with E-state index in [4.69, 9.17) is 5.73 Å². The summed E-state index contributed by atoms with van der Waals surface area (Å²) in [5.74, 6) is -0.375. The van der Waals surface area contributed by atoms with E-state index < -0.39 is 4.92 Å². The highest BCUT2D eigenvalue weighted by Crippen LogP contribution is 2.34. The van der Waals surface area contributed by atoms with Crippen LogP contribution in [0.4, 0.5) is 17.1 Å². The molecule has 27 heavy (non-hydrogen) atoms. The standard InChI is InChI=1S/C18H17BrN4O3S/c1-2-3-4-10-5-7-12-15(20)16(27-18(12)21-10)17(24)22-14-8-6-11(23(25)26)9-13(14)19/h5-9H,2-4,20H2,1H3,(H,22,24). The van der Waals surface area contributed by atoms with Crippen molar-refractivity contribution in [1.82, 2.24) is 4.98 Å². The van der Waals surface area contributed by atoms with Crippen molar-refractivity contribution in [3.05, 3.63) is 55.5 Å². The molecule has 0 atom stereocenters. The number of non-ortho nitro benzene ring substituents is 1. The normalized spacial score (nSPS) is 10.9. The van der Waals surface area contributed by atoms with Crippen molar-refractivity contribution in [3.63, 3.8) is 0 Å². The number of carbonyl (C=O) groups is 1. The SMILES string of the molecule is CCCCc1ccc2c(N)c(C(=O)Nc3ccc([N+](=O)[O-])cc3Br)sc2n1. The molecule has 0 aliphatic carbocycles. The van der Waals surface area contributed by atoms with Gasteiger partial charge in [-0.1, -0.05) is 13.3 Å². The fourth-order valence-corrected chi connectivity index (χ4v) is 4.07. The Morgan fingerprint density at radius 3 is 2.81 bits per heavy atom. The molecule has 0 bridgehead atoms. The number of pyridine rings is 1. The van der Waals surface area contributed by atoms with Crippen molar-refractivity contribution in [2.24, 2.45) is 0 Å². The smallest absolute Gasteiger partial charge is 0.270 e. The van der Waals surface area contributed by atoms with E-state index in [0.29, 0.717) is 20.7 Å². The highest BCUT2D eigenvalue weighted by atomic mass is 79.9. The lowest BCUT2D eigenvalue weighted by Crippen LogP contribution is -2.12. The monoisotopic (exact) mass is 448 g/mol. The van der Waals surface area contributed by atoms with Gasteiger partial charge in [0.15, 0.2) is 0 Å². The summed E-state index contributed by atoms with van der Waals surface area (Å²) in [6, 6.07) is 7.99. The van der Waals surface area contributed by atoms with Gasteiger partial charge in [0.1, 0.15) is 9.71 Å². The molecule has 0 saturated carbocycles. The molecular formula is C18H17BrN4O3S. The van der Waals surface area contributed by atoms with E-state index in [1.807, 2.05) is 12.1 Å². The minimum absolute atomic E-state index is 0.0648. The van der Waals surface area contributed by atoms with Crippen LogP contribution in [0.1, 0.15) is 35.1 Å². The van der Waals surface area contributed by atoms with Crippen LogP contribution in [0, 0.1) is 10.1 Å². The molecule has 140 valence electrons. The van der Waals surface area contributed by atoms with Crippen LogP contribution in [0.15, 0.2) is 34.8 Å². The average molecular weight is 449 g/mol. The van der Waals surface area contributed by atoms with Crippen molar-refractivity contribution in [3.8, 4) is 0 Å². The van der Waals surface area contributed by atoms with E-state index in [1.54, 1.807) is 0 Å². The lowest BCUT2D eigenvalue weighted by Gasteiger charge is -2.06. The summed E-state index contributed by atoms with van der Waals surface area (Å²) in [5, 5.41) is 14.3. The molecule has 7 nitrogen and oxygen atoms in total. The summed E-state index contributed by atoms with van der Waals surface area (Å²) in [7, 11) is 0. The zero-order valence-corrected chi connectivity index (χ0v) is 16.9. The van der Waals surface area contributed by atoms with E-state index in [-0.39, 0.29) is 11.6 Å². The Hall–Kier alpha value is -2.52. The largest absolute Gasteiger partial charge is 0.397 e. The first-order valence-corrected chi connectivity index (χ1v) is 9.94. The van der Waals surface area contributed by atoms with Crippen LogP contribution < -0.4 is 11.1 Å². The summed E-state index contributed by atoms with van der Waals surface area (Å²) in [5.41, 5.74) is 7.89. The molecule has 0 aliphatic heterocycles. The Morgan fingerprint density at radius 1 is 1.37 bits per heavy atom. The third kappa shape index (κ3) is 4.09. The van der Waals surface area contributed by atoms with Gasteiger partial charge in [0.25, 0.3) is 11.6 Å². The summed E-state index contributed by atoms with van der Waals surface area (Å²) in [6.45, 7) is 2.13. The number of aromatic nitrogens is 1. The zero-order chi connectivity index (χ0) is 19.6. The number of thiophene rings is 1. The molecule has 9 heteroatoms. The minimum atomic E-state index is -0.498. The molecule has 1 amide bonds. The number of nitro benzene ring substituents is 1. The quantitative estimate of drug-likeness (QED) is 0.400. The number of aryl methyl sites for hydroxylation is 1. The van der Waals surface area contributed by atoms with Gasteiger partial charge < -0.3 is 11.1 Å². The summed E-state index contributed by atoms with van der Waals surface area (Å²) in [4.78, 5) is 28.7. The summed E-state index contributed by atoms with van der Waals surface area (Å²) >= 11 is 4.48.